The lowest BCUT2D eigenvalue weighted by Gasteiger charge is -2.22. The van der Waals surface area contributed by atoms with Crippen molar-refractivity contribution in [1.29, 1.82) is 0 Å². The quantitative estimate of drug-likeness (QED) is 0.945. The van der Waals surface area contributed by atoms with Crippen molar-refractivity contribution in [2.24, 2.45) is 5.73 Å². The topological polar surface area (TPSA) is 59.5 Å². The highest BCUT2D eigenvalue weighted by atomic mass is 35.5. The lowest BCUT2D eigenvalue weighted by molar-refractivity contribution is 0.0717. The summed E-state index contributed by atoms with van der Waals surface area (Å²) in [6.45, 7) is 4.15. The molecule has 0 fully saturated rings. The van der Waals surface area contributed by atoms with Crippen LogP contribution in [0.5, 0.6) is 0 Å². The molecule has 0 saturated carbocycles. The molecule has 110 valence electrons. The second kappa shape index (κ2) is 6.48. The van der Waals surface area contributed by atoms with Gasteiger partial charge in [0.1, 0.15) is 0 Å². The van der Waals surface area contributed by atoms with Gasteiger partial charge in [-0.2, -0.15) is 0 Å². The molecule has 0 spiro atoms. The Morgan fingerprint density at radius 2 is 2.15 bits per heavy atom. The highest BCUT2D eigenvalue weighted by Crippen LogP contribution is 2.31. The van der Waals surface area contributed by atoms with Gasteiger partial charge in [-0.25, -0.2) is 0 Å². The van der Waals surface area contributed by atoms with Crippen molar-refractivity contribution >= 4 is 40.9 Å². The molecule has 0 aliphatic rings. The molecule has 0 aliphatic carbocycles. The minimum absolute atomic E-state index is 0. The summed E-state index contributed by atoms with van der Waals surface area (Å²) in [5.74, 6) is 0.147. The van der Waals surface area contributed by atoms with Gasteiger partial charge >= 0.3 is 0 Å². The highest BCUT2D eigenvalue weighted by molar-refractivity contribution is 6.35. The number of benzene rings is 1. The molecule has 2 aromatic rings. The molecule has 1 atom stereocenters. The molecule has 0 radical (unpaired) electrons. The smallest absolute Gasteiger partial charge is 0.289 e. The molecule has 0 aliphatic heterocycles. The van der Waals surface area contributed by atoms with E-state index in [1.165, 1.54) is 0 Å². The Balaban J connectivity index is 0.00000200. The van der Waals surface area contributed by atoms with Crippen LogP contribution >= 0.6 is 24.0 Å². The maximum absolute atomic E-state index is 12.4. The number of carbonyl (C=O) groups is 1. The van der Waals surface area contributed by atoms with Crippen LogP contribution in [0.3, 0.4) is 0 Å². The summed E-state index contributed by atoms with van der Waals surface area (Å²) in [7, 11) is 1.72. The molecular formula is C14H18Cl2N2O2. The number of furan rings is 1. The van der Waals surface area contributed by atoms with Crippen molar-refractivity contribution in [2.45, 2.75) is 19.9 Å². The van der Waals surface area contributed by atoms with Gasteiger partial charge in [0.2, 0.25) is 0 Å². The zero-order valence-electron chi connectivity index (χ0n) is 11.6. The molecule has 4 nitrogen and oxygen atoms in total. The van der Waals surface area contributed by atoms with Crippen molar-refractivity contribution in [1.82, 2.24) is 4.90 Å². The number of halogens is 2. The molecule has 2 N–H and O–H groups in total. The van der Waals surface area contributed by atoms with Crippen LogP contribution in [0.4, 0.5) is 0 Å². The van der Waals surface area contributed by atoms with Gasteiger partial charge in [-0.1, -0.05) is 23.7 Å². The van der Waals surface area contributed by atoms with Crippen molar-refractivity contribution in [2.75, 3.05) is 13.6 Å². The minimum atomic E-state index is -0.178. The number of carbonyl (C=O) groups excluding carboxylic acids is 1. The Morgan fingerprint density at radius 3 is 2.70 bits per heavy atom. The van der Waals surface area contributed by atoms with E-state index in [1.807, 2.05) is 26.0 Å². The molecule has 1 amide bonds. The maximum atomic E-state index is 12.4. The van der Waals surface area contributed by atoms with Crippen LogP contribution in [-0.4, -0.2) is 30.4 Å². The molecule has 0 saturated heterocycles. The van der Waals surface area contributed by atoms with Crippen LogP contribution in [0.1, 0.15) is 23.0 Å². The zero-order chi connectivity index (χ0) is 14.2. The Kier molecular flexibility index (Phi) is 5.45. The van der Waals surface area contributed by atoms with E-state index in [2.05, 4.69) is 0 Å². The summed E-state index contributed by atoms with van der Waals surface area (Å²) >= 11 is 6.08. The Morgan fingerprint density at radius 1 is 1.50 bits per heavy atom. The van der Waals surface area contributed by atoms with Crippen LogP contribution in [-0.2, 0) is 0 Å². The predicted molar refractivity (Wildman–Crippen MR) is 83.8 cm³/mol. The van der Waals surface area contributed by atoms with E-state index in [0.717, 1.165) is 10.9 Å². The largest absolute Gasteiger partial charge is 0.449 e. The van der Waals surface area contributed by atoms with E-state index in [1.54, 1.807) is 18.0 Å². The number of aryl methyl sites for hydroxylation is 1. The Labute approximate surface area is 129 Å². The van der Waals surface area contributed by atoms with E-state index in [9.17, 15) is 4.79 Å². The predicted octanol–water partition coefficient (Wildman–Crippen LogP) is 3.24. The minimum Gasteiger partial charge on any atom is -0.449 e. The van der Waals surface area contributed by atoms with Crippen LogP contribution in [0.2, 0.25) is 5.02 Å². The summed E-state index contributed by atoms with van der Waals surface area (Å²) in [5.41, 5.74) is 6.94. The summed E-state index contributed by atoms with van der Waals surface area (Å²) in [6.07, 6.45) is 0. The second-order valence-corrected chi connectivity index (χ2v) is 5.08. The first-order chi connectivity index (χ1) is 8.97. The first kappa shape index (κ1) is 16.8. The fourth-order valence-electron chi connectivity index (χ4n) is 1.93. The van der Waals surface area contributed by atoms with Gasteiger partial charge in [-0.3, -0.25) is 4.79 Å². The average molecular weight is 317 g/mol. The SMILES string of the molecule is Cc1c(C(=O)N(C)C(C)CN)oc2c(Cl)cccc12.Cl. The molecule has 1 heterocycles. The van der Waals surface area contributed by atoms with E-state index in [4.69, 9.17) is 21.8 Å². The third-order valence-corrected chi connectivity index (χ3v) is 3.73. The first-order valence-corrected chi connectivity index (χ1v) is 6.50. The van der Waals surface area contributed by atoms with Gasteiger partial charge in [0.05, 0.1) is 5.02 Å². The number of likely N-dealkylation sites (N-methyl/N-ethyl adjacent to an activating group) is 1. The summed E-state index contributed by atoms with van der Waals surface area (Å²) in [6, 6.07) is 5.43. The Bertz CT molecular complexity index is 625. The molecule has 1 unspecified atom stereocenters. The number of hydrogen-bond acceptors (Lipinski definition) is 3. The van der Waals surface area contributed by atoms with Crippen LogP contribution in [0.25, 0.3) is 11.0 Å². The summed E-state index contributed by atoms with van der Waals surface area (Å²) in [5, 5.41) is 1.37. The van der Waals surface area contributed by atoms with Crippen molar-refractivity contribution in [3.8, 4) is 0 Å². The fraction of sp³-hybridized carbons (Fsp3) is 0.357. The third-order valence-electron chi connectivity index (χ3n) is 3.43. The van der Waals surface area contributed by atoms with Gasteiger partial charge < -0.3 is 15.1 Å². The number of nitrogens with two attached hydrogens (primary N) is 1. The van der Waals surface area contributed by atoms with Gasteiger partial charge in [0.25, 0.3) is 5.91 Å². The summed E-state index contributed by atoms with van der Waals surface area (Å²) < 4.78 is 5.64. The lowest BCUT2D eigenvalue weighted by Crippen LogP contribution is -2.39. The van der Waals surface area contributed by atoms with Gasteiger partial charge in [0, 0.05) is 30.6 Å². The molecule has 20 heavy (non-hydrogen) atoms. The van der Waals surface area contributed by atoms with E-state index >= 15 is 0 Å². The van der Waals surface area contributed by atoms with E-state index in [-0.39, 0.29) is 24.4 Å². The number of hydrogen-bond donors (Lipinski definition) is 1. The van der Waals surface area contributed by atoms with E-state index in [0.29, 0.717) is 22.9 Å². The van der Waals surface area contributed by atoms with Gasteiger partial charge in [0.15, 0.2) is 11.3 Å². The first-order valence-electron chi connectivity index (χ1n) is 6.12. The molecular weight excluding hydrogens is 299 g/mol. The van der Waals surface area contributed by atoms with Crippen LogP contribution < -0.4 is 5.73 Å². The van der Waals surface area contributed by atoms with Crippen LogP contribution in [0.15, 0.2) is 22.6 Å². The third kappa shape index (κ3) is 2.77. The number of amides is 1. The molecule has 1 aromatic carbocycles. The standard InChI is InChI=1S/C14H17ClN2O2.ClH/c1-8(7-16)17(3)14(18)12-9(2)10-5-4-6-11(15)13(10)19-12;/h4-6,8H,7,16H2,1-3H3;1H. The molecule has 1 aromatic heterocycles. The van der Waals surface area contributed by atoms with Crippen molar-refractivity contribution in [3.05, 3.63) is 34.5 Å². The molecule has 2 rings (SSSR count). The summed E-state index contributed by atoms with van der Waals surface area (Å²) in [4.78, 5) is 14.0. The number of fused-ring (bicyclic) bond motifs is 1. The van der Waals surface area contributed by atoms with Gasteiger partial charge in [-0.05, 0) is 19.9 Å². The Hall–Kier alpha value is -1.23. The normalized spacial score (nSPS) is 12.1. The number of para-hydroxylation sites is 1. The van der Waals surface area contributed by atoms with Crippen molar-refractivity contribution < 1.29 is 9.21 Å². The monoisotopic (exact) mass is 316 g/mol. The maximum Gasteiger partial charge on any atom is 0.289 e. The van der Waals surface area contributed by atoms with Crippen LogP contribution in [0, 0.1) is 6.92 Å². The fourth-order valence-corrected chi connectivity index (χ4v) is 2.14. The van der Waals surface area contributed by atoms with E-state index < -0.39 is 0 Å². The second-order valence-electron chi connectivity index (χ2n) is 4.67. The number of nitrogens with zero attached hydrogens (tertiary/aromatic N) is 1. The zero-order valence-corrected chi connectivity index (χ0v) is 13.2. The average Bonchev–Trinajstić information content (AvgIpc) is 2.75. The van der Waals surface area contributed by atoms with Gasteiger partial charge in [-0.15, -0.1) is 12.4 Å². The molecule has 0 bridgehead atoms. The van der Waals surface area contributed by atoms with Crippen molar-refractivity contribution in [3.63, 3.8) is 0 Å². The molecule has 6 heteroatoms. The number of rotatable bonds is 3. The lowest BCUT2D eigenvalue weighted by atomic mass is 10.1. The highest BCUT2D eigenvalue weighted by Gasteiger charge is 2.24.